The summed E-state index contributed by atoms with van der Waals surface area (Å²) in [5, 5.41) is 4.73. The molecule has 6 heteroatoms. The molecule has 1 aromatic heterocycles. The average molecular weight is 326 g/mol. The Morgan fingerprint density at radius 2 is 2.05 bits per heavy atom. The van der Waals surface area contributed by atoms with E-state index in [-0.39, 0.29) is 11.5 Å². The third-order valence-corrected chi connectivity index (χ3v) is 4.72. The number of nitrogens with zero attached hydrogens (tertiary/aromatic N) is 2. The number of halogens is 1. The van der Waals surface area contributed by atoms with Gasteiger partial charge in [-0.1, -0.05) is 49.7 Å². The van der Waals surface area contributed by atoms with Crippen LogP contribution >= 0.6 is 23.4 Å². The number of rotatable bonds is 5. The summed E-state index contributed by atoms with van der Waals surface area (Å²) < 4.78 is 5.26. The molecule has 2 aromatic rings. The lowest BCUT2D eigenvalue weighted by molar-refractivity contribution is 0.285. The van der Waals surface area contributed by atoms with Crippen molar-refractivity contribution in [2.24, 2.45) is 11.1 Å². The Balaban J connectivity index is 1.93. The molecule has 1 unspecified atom stereocenters. The summed E-state index contributed by atoms with van der Waals surface area (Å²) in [6, 6.07) is 7.70. The molecule has 0 spiro atoms. The molecule has 0 fully saturated rings. The molecule has 0 radical (unpaired) electrons. The summed E-state index contributed by atoms with van der Waals surface area (Å²) in [7, 11) is 0. The maximum atomic E-state index is 6.13. The van der Waals surface area contributed by atoms with Crippen molar-refractivity contribution in [1.82, 2.24) is 10.1 Å². The molecular weight excluding hydrogens is 306 g/mol. The van der Waals surface area contributed by atoms with Crippen LogP contribution in [0.3, 0.4) is 0 Å². The van der Waals surface area contributed by atoms with E-state index >= 15 is 0 Å². The third-order valence-electron chi connectivity index (χ3n) is 3.21. The van der Waals surface area contributed by atoms with Gasteiger partial charge in [-0.05, 0) is 17.5 Å². The lowest BCUT2D eigenvalue weighted by Crippen LogP contribution is -2.36. The highest BCUT2D eigenvalue weighted by Crippen LogP contribution is 2.28. The van der Waals surface area contributed by atoms with E-state index in [0.717, 1.165) is 9.92 Å². The Hall–Kier alpha value is -1.04. The summed E-state index contributed by atoms with van der Waals surface area (Å²) in [6.07, 6.45) is 0.591. The first-order valence-electron chi connectivity index (χ1n) is 6.80. The minimum absolute atomic E-state index is 0.0120. The van der Waals surface area contributed by atoms with Gasteiger partial charge in [0.1, 0.15) is 0 Å². The van der Waals surface area contributed by atoms with Crippen molar-refractivity contribution < 1.29 is 4.52 Å². The van der Waals surface area contributed by atoms with E-state index in [2.05, 4.69) is 30.9 Å². The van der Waals surface area contributed by atoms with Crippen LogP contribution in [0.25, 0.3) is 0 Å². The second-order valence-corrected chi connectivity index (χ2v) is 7.42. The van der Waals surface area contributed by atoms with E-state index in [9.17, 15) is 0 Å². The van der Waals surface area contributed by atoms with Crippen molar-refractivity contribution in [2.75, 3.05) is 0 Å². The van der Waals surface area contributed by atoms with E-state index in [4.69, 9.17) is 21.9 Å². The van der Waals surface area contributed by atoms with Gasteiger partial charge in [0.25, 0.3) is 0 Å². The van der Waals surface area contributed by atoms with E-state index in [1.165, 1.54) is 0 Å². The lowest BCUT2D eigenvalue weighted by atomic mass is 9.85. The van der Waals surface area contributed by atoms with Gasteiger partial charge in [-0.25, -0.2) is 0 Å². The first kappa shape index (κ1) is 16.3. The first-order chi connectivity index (χ1) is 9.86. The number of hydrogen-bond donors (Lipinski definition) is 1. The molecule has 0 aliphatic heterocycles. The molecule has 114 valence electrons. The van der Waals surface area contributed by atoms with Crippen LogP contribution in [-0.2, 0) is 12.2 Å². The van der Waals surface area contributed by atoms with Crippen molar-refractivity contribution in [3.8, 4) is 0 Å². The monoisotopic (exact) mass is 325 g/mol. The Bertz CT molecular complexity index is 595. The van der Waals surface area contributed by atoms with Gasteiger partial charge in [0.05, 0.1) is 10.8 Å². The average Bonchev–Trinajstić information content (AvgIpc) is 2.84. The second kappa shape index (κ2) is 6.81. The standard InChI is InChI=1S/C15H20ClN3OS/c1-15(2,3)12(17)8-14-18-13(19-20-14)9-21-11-7-5-4-6-10(11)16/h4-7,12H,8-9,17H2,1-3H3. The van der Waals surface area contributed by atoms with Gasteiger partial charge < -0.3 is 10.3 Å². The predicted octanol–water partition coefficient (Wildman–Crippen LogP) is 3.93. The third kappa shape index (κ3) is 4.73. The Morgan fingerprint density at radius 1 is 1.33 bits per heavy atom. The van der Waals surface area contributed by atoms with E-state index < -0.39 is 0 Å². The fraction of sp³-hybridized carbons (Fsp3) is 0.467. The van der Waals surface area contributed by atoms with Crippen LogP contribution in [0, 0.1) is 5.41 Å². The first-order valence-corrected chi connectivity index (χ1v) is 8.17. The van der Waals surface area contributed by atoms with E-state index in [0.29, 0.717) is 23.9 Å². The summed E-state index contributed by atoms with van der Waals surface area (Å²) in [5.74, 6) is 1.88. The number of hydrogen-bond acceptors (Lipinski definition) is 5. The molecule has 0 bridgehead atoms. The molecule has 0 aliphatic carbocycles. The number of thioether (sulfide) groups is 1. The zero-order valence-corrected chi connectivity index (χ0v) is 14.0. The molecule has 0 saturated carbocycles. The fourth-order valence-electron chi connectivity index (χ4n) is 1.63. The van der Waals surface area contributed by atoms with Crippen molar-refractivity contribution in [3.05, 3.63) is 41.0 Å². The van der Waals surface area contributed by atoms with Gasteiger partial charge in [0.2, 0.25) is 5.89 Å². The fourth-order valence-corrected chi connectivity index (χ4v) is 2.71. The number of aromatic nitrogens is 2. The summed E-state index contributed by atoms with van der Waals surface area (Å²) >= 11 is 7.70. The van der Waals surface area contributed by atoms with Gasteiger partial charge in [-0.2, -0.15) is 4.98 Å². The largest absolute Gasteiger partial charge is 0.339 e. The predicted molar refractivity (Wildman–Crippen MR) is 86.4 cm³/mol. The Kier molecular flexibility index (Phi) is 5.30. The van der Waals surface area contributed by atoms with Crippen LogP contribution in [0.2, 0.25) is 5.02 Å². The molecule has 4 nitrogen and oxygen atoms in total. The summed E-state index contributed by atoms with van der Waals surface area (Å²) in [4.78, 5) is 5.40. The minimum atomic E-state index is -0.0120. The summed E-state index contributed by atoms with van der Waals surface area (Å²) in [6.45, 7) is 6.30. The number of nitrogens with two attached hydrogens (primary N) is 1. The molecule has 1 atom stereocenters. The molecule has 1 aromatic carbocycles. The van der Waals surface area contributed by atoms with Gasteiger partial charge in [0.15, 0.2) is 5.82 Å². The Labute approximate surface area is 134 Å². The normalized spacial score (nSPS) is 13.4. The maximum absolute atomic E-state index is 6.13. The van der Waals surface area contributed by atoms with Crippen LogP contribution in [0.15, 0.2) is 33.7 Å². The second-order valence-electron chi connectivity index (χ2n) is 6.00. The highest BCUT2D eigenvalue weighted by atomic mass is 35.5. The molecule has 2 rings (SSSR count). The zero-order valence-electron chi connectivity index (χ0n) is 12.5. The molecule has 2 N–H and O–H groups in total. The Morgan fingerprint density at radius 3 is 2.71 bits per heavy atom. The number of benzene rings is 1. The van der Waals surface area contributed by atoms with Crippen LogP contribution < -0.4 is 5.73 Å². The zero-order chi connectivity index (χ0) is 15.5. The molecule has 0 aliphatic rings. The van der Waals surface area contributed by atoms with Crippen LogP contribution in [0.5, 0.6) is 0 Å². The van der Waals surface area contributed by atoms with Crippen molar-refractivity contribution in [3.63, 3.8) is 0 Å². The van der Waals surface area contributed by atoms with Crippen LogP contribution in [0.1, 0.15) is 32.5 Å². The lowest BCUT2D eigenvalue weighted by Gasteiger charge is -2.25. The van der Waals surface area contributed by atoms with Crippen LogP contribution in [0.4, 0.5) is 0 Å². The van der Waals surface area contributed by atoms with E-state index in [1.807, 2.05) is 24.3 Å². The molecule has 21 heavy (non-hydrogen) atoms. The molecular formula is C15H20ClN3OS. The van der Waals surface area contributed by atoms with E-state index in [1.54, 1.807) is 11.8 Å². The van der Waals surface area contributed by atoms with Crippen LogP contribution in [-0.4, -0.2) is 16.2 Å². The topological polar surface area (TPSA) is 64.9 Å². The van der Waals surface area contributed by atoms with Gasteiger partial charge in [0, 0.05) is 17.4 Å². The highest BCUT2D eigenvalue weighted by Gasteiger charge is 2.23. The minimum Gasteiger partial charge on any atom is -0.339 e. The van der Waals surface area contributed by atoms with Gasteiger partial charge >= 0.3 is 0 Å². The maximum Gasteiger partial charge on any atom is 0.228 e. The van der Waals surface area contributed by atoms with Gasteiger partial charge in [-0.15, -0.1) is 11.8 Å². The molecule has 1 heterocycles. The van der Waals surface area contributed by atoms with Crippen molar-refractivity contribution in [1.29, 1.82) is 0 Å². The smallest absolute Gasteiger partial charge is 0.228 e. The molecule has 0 saturated heterocycles. The van der Waals surface area contributed by atoms with Crippen molar-refractivity contribution >= 4 is 23.4 Å². The van der Waals surface area contributed by atoms with Crippen molar-refractivity contribution in [2.45, 2.75) is 43.9 Å². The SMILES string of the molecule is CC(C)(C)C(N)Cc1nc(CSc2ccccc2Cl)no1. The molecule has 0 amide bonds. The summed E-state index contributed by atoms with van der Waals surface area (Å²) in [5.41, 5.74) is 6.14. The highest BCUT2D eigenvalue weighted by molar-refractivity contribution is 7.98. The van der Waals surface area contributed by atoms with Gasteiger partial charge in [-0.3, -0.25) is 0 Å². The quantitative estimate of drug-likeness (QED) is 0.844.